The molecule has 0 aromatic heterocycles. The molecule has 2 aliphatic rings. The molecule has 1 N–H and O–H groups in total. The zero-order chi connectivity index (χ0) is 10.6. The number of aliphatic hydroxyl groups excluding tert-OH is 1. The molecule has 0 heterocycles. The number of fused-ring (bicyclic) bond motifs is 2. The molecule has 3 atom stereocenters. The lowest BCUT2D eigenvalue weighted by Gasteiger charge is -2.40. The Balaban J connectivity index is 2.45. The van der Waals surface area contributed by atoms with Crippen LogP contribution in [-0.4, -0.2) is 11.2 Å². The van der Waals surface area contributed by atoms with Gasteiger partial charge in [-0.25, -0.2) is 0 Å². The van der Waals surface area contributed by atoms with Crippen LogP contribution in [0.2, 0.25) is 0 Å². The lowest BCUT2D eigenvalue weighted by Crippen LogP contribution is -2.36. The van der Waals surface area contributed by atoms with Crippen LogP contribution < -0.4 is 0 Å². The van der Waals surface area contributed by atoms with Gasteiger partial charge >= 0.3 is 0 Å². The Hall–Kier alpha value is -0.300. The Bertz CT molecular complexity index is 266. The van der Waals surface area contributed by atoms with Crippen LogP contribution in [0.15, 0.2) is 12.2 Å². The summed E-state index contributed by atoms with van der Waals surface area (Å²) in [6.45, 7) is 11.2. The quantitative estimate of drug-likeness (QED) is 0.587. The van der Waals surface area contributed by atoms with Crippen molar-refractivity contribution in [3.63, 3.8) is 0 Å². The molecule has 0 spiro atoms. The Morgan fingerprint density at radius 3 is 2.64 bits per heavy atom. The summed E-state index contributed by atoms with van der Waals surface area (Å²) in [5, 5.41) is 10.1. The third kappa shape index (κ3) is 1.11. The zero-order valence-electron chi connectivity index (χ0n) is 9.64. The van der Waals surface area contributed by atoms with Crippen molar-refractivity contribution in [3.8, 4) is 0 Å². The first-order chi connectivity index (χ1) is 6.38. The van der Waals surface area contributed by atoms with Crippen LogP contribution in [0.3, 0.4) is 0 Å². The molecule has 2 bridgehead atoms. The standard InChI is InChI=1S/C13H22O/c1-9-8-13(4)7-5-6-10(14)11(9)12(13,2)3/h10-11,14H,1,5-8H2,2-4H3/t10-,11-,13-/m1/s1. The van der Waals surface area contributed by atoms with Gasteiger partial charge in [0.05, 0.1) is 6.10 Å². The van der Waals surface area contributed by atoms with Gasteiger partial charge in [0, 0.05) is 5.92 Å². The molecular weight excluding hydrogens is 172 g/mol. The molecule has 1 nitrogen and oxygen atoms in total. The van der Waals surface area contributed by atoms with E-state index in [-0.39, 0.29) is 11.5 Å². The van der Waals surface area contributed by atoms with Crippen molar-refractivity contribution in [3.05, 3.63) is 12.2 Å². The van der Waals surface area contributed by atoms with Gasteiger partial charge in [-0.2, -0.15) is 0 Å². The molecule has 0 saturated heterocycles. The number of hydrogen-bond donors (Lipinski definition) is 1. The monoisotopic (exact) mass is 194 g/mol. The van der Waals surface area contributed by atoms with E-state index in [0.29, 0.717) is 11.3 Å². The number of hydrogen-bond acceptors (Lipinski definition) is 1. The summed E-state index contributed by atoms with van der Waals surface area (Å²) in [7, 11) is 0. The van der Waals surface area contributed by atoms with E-state index >= 15 is 0 Å². The SMILES string of the molecule is C=C1C[C@@]2(C)CCC[C@@H](O)[C@@H]1C2(C)C. The Labute approximate surface area is 87.2 Å². The molecule has 0 aliphatic heterocycles. The minimum Gasteiger partial charge on any atom is -0.392 e. The third-order valence-electron chi connectivity index (χ3n) is 5.00. The van der Waals surface area contributed by atoms with Crippen LogP contribution in [0.1, 0.15) is 46.5 Å². The van der Waals surface area contributed by atoms with E-state index in [2.05, 4.69) is 27.4 Å². The highest BCUT2D eigenvalue weighted by Gasteiger charge is 2.56. The van der Waals surface area contributed by atoms with Crippen LogP contribution in [0.5, 0.6) is 0 Å². The average Bonchev–Trinajstić information content (AvgIpc) is 2.11. The maximum absolute atomic E-state index is 10.1. The van der Waals surface area contributed by atoms with E-state index in [9.17, 15) is 5.11 Å². The van der Waals surface area contributed by atoms with Crippen molar-refractivity contribution in [1.82, 2.24) is 0 Å². The second-order valence-corrected chi connectivity index (χ2v) is 6.05. The fraction of sp³-hybridized carbons (Fsp3) is 0.846. The first kappa shape index (κ1) is 10.2. The molecule has 2 fully saturated rings. The first-order valence-electron chi connectivity index (χ1n) is 5.74. The fourth-order valence-corrected chi connectivity index (χ4v) is 3.76. The Morgan fingerprint density at radius 1 is 1.36 bits per heavy atom. The topological polar surface area (TPSA) is 20.2 Å². The van der Waals surface area contributed by atoms with Crippen LogP contribution in [0, 0.1) is 16.7 Å². The molecule has 0 aromatic rings. The highest BCUT2D eigenvalue weighted by molar-refractivity contribution is 5.22. The van der Waals surface area contributed by atoms with Crippen LogP contribution in [-0.2, 0) is 0 Å². The van der Waals surface area contributed by atoms with E-state index in [1.165, 1.54) is 18.4 Å². The van der Waals surface area contributed by atoms with E-state index in [1.807, 2.05) is 0 Å². The fourth-order valence-electron chi connectivity index (χ4n) is 3.76. The van der Waals surface area contributed by atoms with Crippen molar-refractivity contribution >= 4 is 0 Å². The molecule has 14 heavy (non-hydrogen) atoms. The lowest BCUT2D eigenvalue weighted by molar-refractivity contribution is 0.0310. The molecule has 2 aliphatic carbocycles. The van der Waals surface area contributed by atoms with Gasteiger partial charge in [0.2, 0.25) is 0 Å². The Morgan fingerprint density at radius 2 is 2.00 bits per heavy atom. The van der Waals surface area contributed by atoms with E-state index in [0.717, 1.165) is 12.8 Å². The van der Waals surface area contributed by atoms with Gasteiger partial charge in [-0.1, -0.05) is 39.3 Å². The summed E-state index contributed by atoms with van der Waals surface area (Å²) >= 11 is 0. The summed E-state index contributed by atoms with van der Waals surface area (Å²) in [5.41, 5.74) is 1.87. The van der Waals surface area contributed by atoms with Gasteiger partial charge in [-0.05, 0) is 30.1 Å². The highest BCUT2D eigenvalue weighted by atomic mass is 16.3. The first-order valence-corrected chi connectivity index (χ1v) is 5.74. The maximum Gasteiger partial charge on any atom is 0.0610 e. The number of aliphatic hydroxyl groups is 1. The number of rotatable bonds is 0. The van der Waals surface area contributed by atoms with Gasteiger partial charge in [0.25, 0.3) is 0 Å². The predicted molar refractivity (Wildman–Crippen MR) is 59.0 cm³/mol. The van der Waals surface area contributed by atoms with Crippen molar-refractivity contribution in [1.29, 1.82) is 0 Å². The minimum absolute atomic E-state index is 0.151. The molecule has 0 aromatic carbocycles. The summed E-state index contributed by atoms with van der Waals surface area (Å²) < 4.78 is 0. The normalized spacial score (nSPS) is 46.4. The van der Waals surface area contributed by atoms with Gasteiger partial charge in [0.15, 0.2) is 0 Å². The molecule has 0 radical (unpaired) electrons. The lowest BCUT2D eigenvalue weighted by atomic mass is 9.64. The summed E-state index contributed by atoms with van der Waals surface area (Å²) in [5.74, 6) is 0.329. The van der Waals surface area contributed by atoms with Crippen molar-refractivity contribution in [2.75, 3.05) is 0 Å². The largest absolute Gasteiger partial charge is 0.392 e. The van der Waals surface area contributed by atoms with E-state index < -0.39 is 0 Å². The van der Waals surface area contributed by atoms with Gasteiger partial charge < -0.3 is 5.11 Å². The molecule has 2 rings (SSSR count). The minimum atomic E-state index is -0.151. The second-order valence-electron chi connectivity index (χ2n) is 6.05. The highest BCUT2D eigenvalue weighted by Crippen LogP contribution is 2.63. The van der Waals surface area contributed by atoms with Crippen LogP contribution >= 0.6 is 0 Å². The second kappa shape index (κ2) is 2.85. The van der Waals surface area contributed by atoms with Gasteiger partial charge in [-0.3, -0.25) is 0 Å². The zero-order valence-corrected chi connectivity index (χ0v) is 9.64. The van der Waals surface area contributed by atoms with Crippen LogP contribution in [0.4, 0.5) is 0 Å². The smallest absolute Gasteiger partial charge is 0.0610 e. The Kier molecular flexibility index (Phi) is 2.08. The van der Waals surface area contributed by atoms with E-state index in [4.69, 9.17) is 0 Å². The molecular formula is C13H22O. The molecule has 80 valence electrons. The van der Waals surface area contributed by atoms with Gasteiger partial charge in [-0.15, -0.1) is 0 Å². The third-order valence-corrected chi connectivity index (χ3v) is 5.00. The van der Waals surface area contributed by atoms with Gasteiger partial charge in [0.1, 0.15) is 0 Å². The molecule has 1 heteroatoms. The molecule has 0 unspecified atom stereocenters. The summed E-state index contributed by atoms with van der Waals surface area (Å²) in [4.78, 5) is 0. The maximum atomic E-state index is 10.1. The van der Waals surface area contributed by atoms with Crippen molar-refractivity contribution < 1.29 is 5.11 Å². The van der Waals surface area contributed by atoms with Crippen LogP contribution in [0.25, 0.3) is 0 Å². The summed E-state index contributed by atoms with van der Waals surface area (Å²) in [6, 6.07) is 0. The molecule has 0 amide bonds. The van der Waals surface area contributed by atoms with E-state index in [1.54, 1.807) is 0 Å². The summed E-state index contributed by atoms with van der Waals surface area (Å²) in [6.07, 6.45) is 4.34. The average molecular weight is 194 g/mol. The van der Waals surface area contributed by atoms with Crippen molar-refractivity contribution in [2.24, 2.45) is 16.7 Å². The predicted octanol–water partition coefficient (Wildman–Crippen LogP) is 3.14. The van der Waals surface area contributed by atoms with Crippen molar-refractivity contribution in [2.45, 2.75) is 52.6 Å². The molecule has 2 saturated carbocycles.